The predicted octanol–water partition coefficient (Wildman–Crippen LogP) is 3.67. The molecule has 1 unspecified atom stereocenters. The van der Waals surface area contributed by atoms with Crippen molar-refractivity contribution in [2.75, 3.05) is 20.1 Å². The van der Waals surface area contributed by atoms with Gasteiger partial charge in [0.1, 0.15) is 5.82 Å². The number of hydrogen-bond donors (Lipinski definition) is 1. The number of halogens is 1. The summed E-state index contributed by atoms with van der Waals surface area (Å²) in [6.45, 7) is 9.50. The van der Waals surface area contributed by atoms with Gasteiger partial charge in [0.25, 0.3) is 0 Å². The molecule has 0 fully saturated rings. The first-order valence-corrected chi connectivity index (χ1v) is 7.68. The van der Waals surface area contributed by atoms with Crippen molar-refractivity contribution in [2.24, 2.45) is 5.92 Å². The zero-order valence-corrected chi connectivity index (χ0v) is 13.3. The summed E-state index contributed by atoms with van der Waals surface area (Å²) >= 11 is 0. The molecule has 0 aromatic heterocycles. The van der Waals surface area contributed by atoms with E-state index in [0.29, 0.717) is 12.0 Å². The van der Waals surface area contributed by atoms with Gasteiger partial charge in [-0.25, -0.2) is 4.39 Å². The van der Waals surface area contributed by atoms with Crippen molar-refractivity contribution in [1.82, 2.24) is 10.2 Å². The molecule has 0 bridgehead atoms. The molecule has 0 saturated carbocycles. The summed E-state index contributed by atoms with van der Waals surface area (Å²) < 4.78 is 13.2. The topological polar surface area (TPSA) is 15.3 Å². The van der Waals surface area contributed by atoms with Gasteiger partial charge in [-0.2, -0.15) is 0 Å². The quantitative estimate of drug-likeness (QED) is 0.742. The van der Waals surface area contributed by atoms with Crippen molar-refractivity contribution in [3.63, 3.8) is 0 Å². The molecule has 1 aromatic carbocycles. The number of nitrogens with zero attached hydrogens (tertiary/aromatic N) is 1. The van der Waals surface area contributed by atoms with Crippen molar-refractivity contribution in [1.29, 1.82) is 0 Å². The Hall–Kier alpha value is -0.930. The minimum Gasteiger partial charge on any atom is -0.315 e. The molecule has 0 heterocycles. The van der Waals surface area contributed by atoms with Gasteiger partial charge in [0, 0.05) is 19.1 Å². The van der Waals surface area contributed by atoms with Crippen LogP contribution in [0.2, 0.25) is 0 Å². The summed E-state index contributed by atoms with van der Waals surface area (Å²) in [6, 6.07) is 7.40. The third-order valence-electron chi connectivity index (χ3n) is 3.50. The molecular formula is C17H29FN2. The Morgan fingerprint density at radius 2 is 2.00 bits per heavy atom. The lowest BCUT2D eigenvalue weighted by molar-refractivity contribution is 0.213. The molecule has 0 aliphatic heterocycles. The second-order valence-electron chi connectivity index (χ2n) is 6.04. The van der Waals surface area contributed by atoms with E-state index in [9.17, 15) is 4.39 Å². The first kappa shape index (κ1) is 17.1. The average molecular weight is 280 g/mol. The Morgan fingerprint density at radius 3 is 2.60 bits per heavy atom. The maximum Gasteiger partial charge on any atom is 0.123 e. The molecule has 1 rings (SSSR count). The smallest absolute Gasteiger partial charge is 0.123 e. The molecule has 20 heavy (non-hydrogen) atoms. The highest BCUT2D eigenvalue weighted by atomic mass is 19.1. The van der Waals surface area contributed by atoms with Crippen LogP contribution in [0.25, 0.3) is 0 Å². The van der Waals surface area contributed by atoms with Crippen molar-refractivity contribution in [2.45, 2.75) is 46.2 Å². The molecule has 2 nitrogen and oxygen atoms in total. The zero-order valence-electron chi connectivity index (χ0n) is 13.3. The van der Waals surface area contributed by atoms with Crippen LogP contribution in [0.5, 0.6) is 0 Å². The Labute approximate surface area is 123 Å². The summed E-state index contributed by atoms with van der Waals surface area (Å²) in [4.78, 5) is 2.33. The summed E-state index contributed by atoms with van der Waals surface area (Å²) in [5.74, 6) is 0.520. The van der Waals surface area contributed by atoms with Crippen LogP contribution in [0.3, 0.4) is 0 Å². The lowest BCUT2D eigenvalue weighted by Crippen LogP contribution is -2.40. The van der Waals surface area contributed by atoms with Crippen LogP contribution in [0, 0.1) is 11.7 Å². The van der Waals surface area contributed by atoms with Gasteiger partial charge in [0.2, 0.25) is 0 Å². The molecule has 114 valence electrons. The van der Waals surface area contributed by atoms with E-state index >= 15 is 0 Å². The summed E-state index contributed by atoms with van der Waals surface area (Å²) in [5.41, 5.74) is 1.04. The number of hydrogen-bond acceptors (Lipinski definition) is 2. The van der Waals surface area contributed by atoms with Gasteiger partial charge in [-0.05, 0) is 43.6 Å². The fraction of sp³-hybridized carbons (Fsp3) is 0.647. The van der Waals surface area contributed by atoms with E-state index in [-0.39, 0.29) is 5.82 Å². The van der Waals surface area contributed by atoms with E-state index in [1.54, 1.807) is 12.1 Å². The number of benzene rings is 1. The van der Waals surface area contributed by atoms with E-state index < -0.39 is 0 Å². The molecule has 0 spiro atoms. The van der Waals surface area contributed by atoms with E-state index in [1.807, 2.05) is 6.07 Å². The Morgan fingerprint density at radius 1 is 1.25 bits per heavy atom. The predicted molar refractivity (Wildman–Crippen MR) is 84.3 cm³/mol. The number of rotatable bonds is 9. The largest absolute Gasteiger partial charge is 0.315 e. The highest BCUT2D eigenvalue weighted by Crippen LogP contribution is 2.11. The summed E-state index contributed by atoms with van der Waals surface area (Å²) in [7, 11) is 2.13. The van der Waals surface area contributed by atoms with Gasteiger partial charge in [0.05, 0.1) is 0 Å². The van der Waals surface area contributed by atoms with Crippen molar-refractivity contribution >= 4 is 0 Å². The van der Waals surface area contributed by atoms with Gasteiger partial charge >= 0.3 is 0 Å². The molecule has 0 amide bonds. The van der Waals surface area contributed by atoms with Crippen molar-refractivity contribution < 1.29 is 4.39 Å². The molecular weight excluding hydrogens is 251 g/mol. The lowest BCUT2D eigenvalue weighted by Gasteiger charge is -2.28. The van der Waals surface area contributed by atoms with Crippen LogP contribution in [-0.2, 0) is 6.54 Å². The highest BCUT2D eigenvalue weighted by Gasteiger charge is 2.14. The van der Waals surface area contributed by atoms with Gasteiger partial charge in [-0.1, -0.05) is 39.3 Å². The Balaban J connectivity index is 2.52. The summed E-state index contributed by atoms with van der Waals surface area (Å²) in [6.07, 6.45) is 2.33. The minimum atomic E-state index is -0.152. The minimum absolute atomic E-state index is 0.152. The van der Waals surface area contributed by atoms with Crippen LogP contribution in [0.4, 0.5) is 4.39 Å². The zero-order chi connectivity index (χ0) is 15.0. The molecule has 1 N–H and O–H groups in total. The average Bonchev–Trinajstić information content (AvgIpc) is 2.37. The van der Waals surface area contributed by atoms with Crippen LogP contribution in [0.15, 0.2) is 24.3 Å². The molecule has 1 atom stereocenters. The third kappa shape index (κ3) is 6.49. The maximum atomic E-state index is 13.2. The number of likely N-dealkylation sites (N-methyl/N-ethyl adjacent to an activating group) is 1. The monoisotopic (exact) mass is 280 g/mol. The first-order valence-electron chi connectivity index (χ1n) is 7.68. The van der Waals surface area contributed by atoms with Gasteiger partial charge in [-0.3, -0.25) is 4.90 Å². The summed E-state index contributed by atoms with van der Waals surface area (Å²) in [5, 5.41) is 3.53. The molecule has 0 saturated heterocycles. The van der Waals surface area contributed by atoms with E-state index in [4.69, 9.17) is 0 Å². The number of nitrogens with one attached hydrogen (secondary N) is 1. The first-order chi connectivity index (χ1) is 9.52. The molecule has 0 aliphatic rings. The second-order valence-corrected chi connectivity index (χ2v) is 6.04. The molecule has 0 radical (unpaired) electrons. The highest BCUT2D eigenvalue weighted by molar-refractivity contribution is 5.16. The van der Waals surface area contributed by atoms with Crippen LogP contribution < -0.4 is 5.32 Å². The molecule has 0 aliphatic carbocycles. The van der Waals surface area contributed by atoms with Gasteiger partial charge < -0.3 is 5.32 Å². The SMILES string of the molecule is CCCC(CNCC(C)C)N(C)Cc1cccc(F)c1. The fourth-order valence-electron chi connectivity index (χ4n) is 2.40. The lowest BCUT2D eigenvalue weighted by atomic mass is 10.1. The van der Waals surface area contributed by atoms with Crippen molar-refractivity contribution in [3.05, 3.63) is 35.6 Å². The standard InChI is InChI=1S/C17H29FN2/c1-5-7-17(12-19-11-14(2)3)20(4)13-15-8-6-9-16(18)10-15/h6,8-10,14,17,19H,5,7,11-13H2,1-4H3. The van der Waals surface area contributed by atoms with Gasteiger partial charge in [0.15, 0.2) is 0 Å². The Kier molecular flexibility index (Phi) is 7.78. The molecule has 3 heteroatoms. The van der Waals surface area contributed by atoms with Crippen LogP contribution in [-0.4, -0.2) is 31.1 Å². The fourth-order valence-corrected chi connectivity index (χ4v) is 2.40. The van der Waals surface area contributed by atoms with Crippen molar-refractivity contribution in [3.8, 4) is 0 Å². The van der Waals surface area contributed by atoms with Gasteiger partial charge in [-0.15, -0.1) is 0 Å². The normalized spacial score (nSPS) is 13.2. The van der Waals surface area contributed by atoms with E-state index in [0.717, 1.165) is 31.6 Å². The Bertz CT molecular complexity index is 379. The molecule has 1 aromatic rings. The van der Waals surface area contributed by atoms with Crippen LogP contribution >= 0.6 is 0 Å². The van der Waals surface area contributed by atoms with E-state index in [2.05, 4.69) is 38.0 Å². The van der Waals surface area contributed by atoms with E-state index in [1.165, 1.54) is 12.5 Å². The third-order valence-corrected chi connectivity index (χ3v) is 3.50. The van der Waals surface area contributed by atoms with Crippen LogP contribution in [0.1, 0.15) is 39.2 Å². The second kappa shape index (κ2) is 9.09. The maximum absolute atomic E-state index is 13.2.